The maximum absolute atomic E-state index is 11.8. The Bertz CT molecular complexity index is 523. The van der Waals surface area contributed by atoms with Crippen molar-refractivity contribution in [1.82, 2.24) is 0 Å². The molecule has 1 heterocycles. The van der Waals surface area contributed by atoms with E-state index < -0.39 is 0 Å². The SMILES string of the molecule is COCc1cccc(NC(=O)CCc2cccs2)c1. The van der Waals surface area contributed by atoms with Crippen molar-refractivity contribution in [3.05, 3.63) is 52.2 Å². The minimum absolute atomic E-state index is 0.0444. The molecule has 100 valence electrons. The minimum atomic E-state index is 0.0444. The maximum Gasteiger partial charge on any atom is 0.224 e. The molecule has 19 heavy (non-hydrogen) atoms. The van der Waals surface area contributed by atoms with E-state index in [1.807, 2.05) is 35.7 Å². The van der Waals surface area contributed by atoms with Crippen molar-refractivity contribution in [3.8, 4) is 0 Å². The third kappa shape index (κ3) is 4.50. The van der Waals surface area contributed by atoms with Crippen LogP contribution in [0.2, 0.25) is 0 Å². The summed E-state index contributed by atoms with van der Waals surface area (Å²) < 4.78 is 5.07. The Hall–Kier alpha value is -1.65. The topological polar surface area (TPSA) is 38.3 Å². The van der Waals surface area contributed by atoms with Gasteiger partial charge in [0.25, 0.3) is 0 Å². The predicted octanol–water partition coefficient (Wildman–Crippen LogP) is 3.47. The van der Waals surface area contributed by atoms with Crippen LogP contribution < -0.4 is 5.32 Å². The molecule has 0 atom stereocenters. The zero-order valence-electron chi connectivity index (χ0n) is 10.9. The summed E-state index contributed by atoms with van der Waals surface area (Å²) >= 11 is 1.68. The Labute approximate surface area is 117 Å². The lowest BCUT2D eigenvalue weighted by Crippen LogP contribution is -2.12. The number of amides is 1. The van der Waals surface area contributed by atoms with Crippen molar-refractivity contribution >= 4 is 22.9 Å². The van der Waals surface area contributed by atoms with Crippen molar-refractivity contribution in [3.63, 3.8) is 0 Å². The Morgan fingerprint density at radius 1 is 1.32 bits per heavy atom. The molecule has 1 aromatic carbocycles. The molecule has 0 bridgehead atoms. The van der Waals surface area contributed by atoms with E-state index in [0.29, 0.717) is 13.0 Å². The van der Waals surface area contributed by atoms with Crippen LogP contribution in [0.15, 0.2) is 41.8 Å². The van der Waals surface area contributed by atoms with Gasteiger partial charge in [0.05, 0.1) is 6.61 Å². The first-order chi connectivity index (χ1) is 9.28. The zero-order valence-corrected chi connectivity index (χ0v) is 11.7. The summed E-state index contributed by atoms with van der Waals surface area (Å²) in [5.41, 5.74) is 1.88. The first-order valence-corrected chi connectivity index (χ1v) is 7.06. The molecule has 0 aliphatic rings. The number of hydrogen-bond donors (Lipinski definition) is 1. The van der Waals surface area contributed by atoms with E-state index in [0.717, 1.165) is 17.7 Å². The fourth-order valence-corrected chi connectivity index (χ4v) is 2.53. The van der Waals surface area contributed by atoms with Gasteiger partial charge in [0, 0.05) is 24.1 Å². The average molecular weight is 275 g/mol. The molecule has 2 rings (SSSR count). The summed E-state index contributed by atoms with van der Waals surface area (Å²) in [6.07, 6.45) is 1.30. The Morgan fingerprint density at radius 3 is 2.95 bits per heavy atom. The number of methoxy groups -OCH3 is 1. The summed E-state index contributed by atoms with van der Waals surface area (Å²) in [5, 5.41) is 4.94. The van der Waals surface area contributed by atoms with E-state index in [2.05, 4.69) is 11.4 Å². The normalized spacial score (nSPS) is 10.4. The van der Waals surface area contributed by atoms with Gasteiger partial charge in [0.2, 0.25) is 5.91 Å². The second kappa shape index (κ2) is 7.07. The predicted molar refractivity (Wildman–Crippen MR) is 78.4 cm³/mol. The molecule has 0 aliphatic heterocycles. The van der Waals surface area contributed by atoms with Crippen LogP contribution in [-0.2, 0) is 22.6 Å². The highest BCUT2D eigenvalue weighted by Gasteiger charge is 2.04. The second-order valence-corrected chi connectivity index (χ2v) is 5.29. The van der Waals surface area contributed by atoms with Crippen LogP contribution in [0.5, 0.6) is 0 Å². The third-order valence-electron chi connectivity index (χ3n) is 2.70. The Kier molecular flexibility index (Phi) is 5.12. The number of nitrogens with one attached hydrogen (secondary N) is 1. The molecule has 3 nitrogen and oxygen atoms in total. The van der Waals surface area contributed by atoms with E-state index >= 15 is 0 Å². The second-order valence-electron chi connectivity index (χ2n) is 4.26. The fourth-order valence-electron chi connectivity index (χ4n) is 1.82. The van der Waals surface area contributed by atoms with Gasteiger partial charge in [-0.2, -0.15) is 0 Å². The molecular weight excluding hydrogens is 258 g/mol. The molecule has 2 aromatic rings. The molecule has 1 N–H and O–H groups in total. The monoisotopic (exact) mass is 275 g/mol. The largest absolute Gasteiger partial charge is 0.380 e. The van der Waals surface area contributed by atoms with Gasteiger partial charge in [-0.1, -0.05) is 18.2 Å². The highest BCUT2D eigenvalue weighted by molar-refractivity contribution is 7.09. The number of carbonyl (C=O) groups excluding carboxylic acids is 1. The van der Waals surface area contributed by atoms with Crippen LogP contribution in [0.1, 0.15) is 16.9 Å². The number of aryl methyl sites for hydroxylation is 1. The summed E-state index contributed by atoms with van der Waals surface area (Å²) in [6, 6.07) is 11.8. The van der Waals surface area contributed by atoms with E-state index in [-0.39, 0.29) is 5.91 Å². The first kappa shape index (κ1) is 13.8. The molecule has 1 aromatic heterocycles. The maximum atomic E-state index is 11.8. The average Bonchev–Trinajstić information content (AvgIpc) is 2.90. The van der Waals surface area contributed by atoms with Crippen molar-refractivity contribution < 1.29 is 9.53 Å². The molecule has 0 saturated heterocycles. The summed E-state index contributed by atoms with van der Waals surface area (Å²) in [6.45, 7) is 0.554. The molecule has 0 unspecified atom stereocenters. The molecule has 0 spiro atoms. The quantitative estimate of drug-likeness (QED) is 0.876. The number of hydrogen-bond acceptors (Lipinski definition) is 3. The van der Waals surface area contributed by atoms with Gasteiger partial charge in [-0.15, -0.1) is 11.3 Å². The van der Waals surface area contributed by atoms with Crippen molar-refractivity contribution in [2.75, 3.05) is 12.4 Å². The standard InChI is InChI=1S/C15H17NO2S/c1-18-11-12-4-2-5-13(10-12)16-15(17)8-7-14-6-3-9-19-14/h2-6,9-10H,7-8,11H2,1H3,(H,16,17). The van der Waals surface area contributed by atoms with Crippen LogP contribution in [0.4, 0.5) is 5.69 Å². The fraction of sp³-hybridized carbons (Fsp3) is 0.267. The van der Waals surface area contributed by atoms with Crippen LogP contribution >= 0.6 is 11.3 Å². The zero-order chi connectivity index (χ0) is 13.5. The number of rotatable bonds is 6. The van der Waals surface area contributed by atoms with Gasteiger partial charge in [-0.25, -0.2) is 0 Å². The highest BCUT2D eigenvalue weighted by Crippen LogP contribution is 2.14. The summed E-state index contributed by atoms with van der Waals surface area (Å²) in [4.78, 5) is 13.1. The van der Waals surface area contributed by atoms with Gasteiger partial charge < -0.3 is 10.1 Å². The number of carbonyl (C=O) groups is 1. The van der Waals surface area contributed by atoms with E-state index in [1.54, 1.807) is 18.4 Å². The van der Waals surface area contributed by atoms with Crippen molar-refractivity contribution in [1.29, 1.82) is 0 Å². The first-order valence-electron chi connectivity index (χ1n) is 6.18. The van der Waals surface area contributed by atoms with Gasteiger partial charge in [-0.05, 0) is 35.6 Å². The molecule has 4 heteroatoms. The number of ether oxygens (including phenoxy) is 1. The van der Waals surface area contributed by atoms with Crippen LogP contribution in [0, 0.1) is 0 Å². The van der Waals surface area contributed by atoms with E-state index in [9.17, 15) is 4.79 Å². The Morgan fingerprint density at radius 2 is 2.21 bits per heavy atom. The molecular formula is C15H17NO2S. The number of anilines is 1. The highest BCUT2D eigenvalue weighted by atomic mass is 32.1. The molecule has 0 saturated carbocycles. The lowest BCUT2D eigenvalue weighted by Gasteiger charge is -2.06. The molecule has 0 radical (unpaired) electrons. The summed E-state index contributed by atoms with van der Waals surface area (Å²) in [7, 11) is 1.66. The third-order valence-corrected chi connectivity index (χ3v) is 3.64. The van der Waals surface area contributed by atoms with E-state index in [4.69, 9.17) is 4.74 Å². The van der Waals surface area contributed by atoms with E-state index in [1.165, 1.54) is 4.88 Å². The molecule has 0 aliphatic carbocycles. The lowest BCUT2D eigenvalue weighted by atomic mass is 10.2. The number of benzene rings is 1. The van der Waals surface area contributed by atoms with Gasteiger partial charge in [-0.3, -0.25) is 4.79 Å². The van der Waals surface area contributed by atoms with Gasteiger partial charge in [0.1, 0.15) is 0 Å². The molecule has 1 amide bonds. The van der Waals surface area contributed by atoms with Crippen LogP contribution in [-0.4, -0.2) is 13.0 Å². The molecule has 0 fully saturated rings. The van der Waals surface area contributed by atoms with Gasteiger partial charge in [0.15, 0.2) is 0 Å². The lowest BCUT2D eigenvalue weighted by molar-refractivity contribution is -0.116. The minimum Gasteiger partial charge on any atom is -0.380 e. The van der Waals surface area contributed by atoms with Crippen LogP contribution in [0.3, 0.4) is 0 Å². The van der Waals surface area contributed by atoms with Crippen molar-refractivity contribution in [2.24, 2.45) is 0 Å². The smallest absolute Gasteiger partial charge is 0.224 e. The van der Waals surface area contributed by atoms with Crippen molar-refractivity contribution in [2.45, 2.75) is 19.4 Å². The summed E-state index contributed by atoms with van der Waals surface area (Å²) in [5.74, 6) is 0.0444. The van der Waals surface area contributed by atoms with Crippen LogP contribution in [0.25, 0.3) is 0 Å². The van der Waals surface area contributed by atoms with Gasteiger partial charge >= 0.3 is 0 Å². The number of thiophene rings is 1. The Balaban J connectivity index is 1.86.